The van der Waals surface area contributed by atoms with E-state index in [0.29, 0.717) is 74.8 Å². The van der Waals surface area contributed by atoms with Crippen molar-refractivity contribution >= 4 is 23.8 Å². The maximum atomic E-state index is 13.4. The van der Waals surface area contributed by atoms with Crippen molar-refractivity contribution in [3.63, 3.8) is 0 Å². The molecule has 4 aliphatic carbocycles. The van der Waals surface area contributed by atoms with Crippen molar-refractivity contribution < 1.29 is 79.5 Å². The maximum absolute atomic E-state index is 13.4. The van der Waals surface area contributed by atoms with Crippen LogP contribution in [0.5, 0.6) is 0 Å². The summed E-state index contributed by atoms with van der Waals surface area (Å²) in [5, 5.41) is 50.1. The molecule has 4 unspecified atom stereocenters. The molecular weight excluding hydrogens is 858 g/mol. The minimum absolute atomic E-state index is 0. The van der Waals surface area contributed by atoms with Gasteiger partial charge in [0.25, 0.3) is 0 Å². The van der Waals surface area contributed by atoms with Crippen LogP contribution in [0, 0.1) is 86.3 Å². The van der Waals surface area contributed by atoms with Crippen molar-refractivity contribution in [1.29, 1.82) is 0 Å². The first kappa shape index (κ1) is 49.4. The maximum Gasteiger partial charge on any atom is 3.00 e. The number of unbranched alkanes of at least 4 members (excludes halogenated alkanes) is 1. The van der Waals surface area contributed by atoms with Crippen molar-refractivity contribution in [3.8, 4) is 0 Å². The molecule has 5 rings (SSSR count). The van der Waals surface area contributed by atoms with E-state index in [-0.39, 0.29) is 82.5 Å². The van der Waals surface area contributed by atoms with E-state index in [2.05, 4.69) is 49.7 Å². The number of nitrogens with zero attached hydrogens (tertiary/aromatic N) is 3. The topological polar surface area (TPSA) is 179 Å². The van der Waals surface area contributed by atoms with Gasteiger partial charge in [0.15, 0.2) is 0 Å². The van der Waals surface area contributed by atoms with E-state index in [1.54, 1.807) is 0 Å². The molecule has 1 radical (unpaired) electrons. The molecule has 0 spiro atoms. The fourth-order valence-electron chi connectivity index (χ4n) is 13.0. The Hall–Kier alpha value is -0.955. The Bertz CT molecular complexity index is 1310. The summed E-state index contributed by atoms with van der Waals surface area (Å²) in [4.78, 5) is 54.3. The van der Waals surface area contributed by atoms with Gasteiger partial charge in [0.05, 0.1) is 18.0 Å². The van der Waals surface area contributed by atoms with Crippen LogP contribution in [0.25, 0.3) is 0 Å². The number of carbonyl (C=O) groups is 4. The number of aliphatic hydroxyl groups is 1. The number of carbonyl (C=O) groups excluding carboxylic acids is 4. The molecule has 4 saturated carbocycles. The second kappa shape index (κ2) is 21.0. The molecular formula is C43H73GdN4O8. The van der Waals surface area contributed by atoms with E-state index in [1.807, 2.05) is 0 Å². The van der Waals surface area contributed by atoms with Gasteiger partial charge in [-0.15, -0.1) is 0 Å². The molecule has 0 aromatic carbocycles. The quantitative estimate of drug-likeness (QED) is 0.203. The molecule has 5 aliphatic rings. The number of nitrogens with one attached hydrogen (secondary N) is 1. The van der Waals surface area contributed by atoms with Gasteiger partial charge in [-0.25, -0.2) is 0 Å². The van der Waals surface area contributed by atoms with Crippen LogP contribution in [0.15, 0.2) is 0 Å². The van der Waals surface area contributed by atoms with Crippen LogP contribution in [0.3, 0.4) is 0 Å². The van der Waals surface area contributed by atoms with Crippen LogP contribution in [0.4, 0.5) is 0 Å². The van der Waals surface area contributed by atoms with E-state index in [9.17, 15) is 39.6 Å². The third kappa shape index (κ3) is 10.9. The van der Waals surface area contributed by atoms with Gasteiger partial charge >= 0.3 is 39.9 Å². The van der Waals surface area contributed by atoms with E-state index in [1.165, 1.54) is 4.90 Å². The number of aliphatic carboxylic acids is 3. The van der Waals surface area contributed by atoms with Gasteiger partial charge < -0.3 is 49.9 Å². The molecule has 0 aromatic heterocycles. The van der Waals surface area contributed by atoms with Gasteiger partial charge in [-0.2, -0.15) is 0 Å². The first-order valence-electron chi connectivity index (χ1n) is 21.3. The zero-order chi connectivity index (χ0) is 39.4. The molecule has 1 saturated heterocycles. The monoisotopic (exact) mass is 931 g/mol. The Morgan fingerprint density at radius 3 is 2.04 bits per heavy atom. The Kier molecular flexibility index (Phi) is 18.6. The molecule has 321 valence electrons. The van der Waals surface area contributed by atoms with Crippen molar-refractivity contribution in [2.24, 2.45) is 46.3 Å². The fraction of sp³-hybridized carbons (Fsp3) is 0.907. The van der Waals surface area contributed by atoms with Gasteiger partial charge in [0.1, 0.15) is 0 Å². The SMILES string of the molecule is C.CCN1CCN(CC)CC(CCCCC(=O)N[C@H]2CC[C@]3(C)C4C[C@H](O)[C@@]5(C)C(CC[C@@H]5C(C)CCC(=O)[O-])C4CC[C@@H]3C2)(N(CC(=O)[O-])CC(=O)[O-])C1.[Gd+3]. The Morgan fingerprint density at radius 1 is 0.839 bits per heavy atom. The number of aliphatic hydroxyl groups excluding tert-OH is 1. The Labute approximate surface area is 369 Å². The molecule has 12 nitrogen and oxygen atoms in total. The average Bonchev–Trinajstić information content (AvgIpc) is 3.36. The zero-order valence-corrected chi connectivity index (χ0v) is 36.4. The third-order valence-electron chi connectivity index (χ3n) is 16.0. The van der Waals surface area contributed by atoms with Crippen LogP contribution in [-0.2, 0) is 19.2 Å². The first-order valence-corrected chi connectivity index (χ1v) is 21.3. The normalized spacial score (nSPS) is 34.7. The van der Waals surface area contributed by atoms with Crippen molar-refractivity contribution in [2.75, 3.05) is 52.4 Å². The number of likely N-dealkylation sites (N-methyl/N-ethyl adjacent to an activating group) is 2. The van der Waals surface area contributed by atoms with Crippen LogP contribution in [0.1, 0.15) is 132 Å². The molecule has 13 heteroatoms. The number of carboxylic acids is 3. The third-order valence-corrected chi connectivity index (χ3v) is 16.0. The minimum atomic E-state index is -1.31. The van der Waals surface area contributed by atoms with Gasteiger partial charge in [-0.05, 0) is 136 Å². The summed E-state index contributed by atoms with van der Waals surface area (Å²) in [6, 6.07) is 0.123. The largest absolute Gasteiger partial charge is 3.00 e. The first-order chi connectivity index (χ1) is 25.6. The van der Waals surface area contributed by atoms with Gasteiger partial charge in [0.2, 0.25) is 5.91 Å². The molecule has 56 heavy (non-hydrogen) atoms. The number of rotatable bonds is 17. The second-order valence-corrected chi connectivity index (χ2v) is 18.7. The predicted molar refractivity (Wildman–Crippen MR) is 206 cm³/mol. The standard InChI is InChI=1S/C42H72N4O8.CH4.Gd/c1-6-44-20-21-45(7-2)27-42(26-44,46(24-38(51)52)25-39(53)54)18-9-8-10-36(48)43-30-17-19-40(4)29(22-30)12-13-31-33-15-14-32(28(3)11-16-37(49)50)41(33,5)35(47)23-34(31)40;;/h28-35,47H,6-27H2,1-5H3,(H,43,48)(H,49,50)(H,51,52)(H,53,54);1H4;/q;;+3/p-3/t28?,29-,30+,31?,32-,33?,34?,35+,40+,41-;;/m1../s1. The molecule has 1 amide bonds. The number of amides is 1. The van der Waals surface area contributed by atoms with E-state index in [4.69, 9.17) is 0 Å². The summed E-state index contributed by atoms with van der Waals surface area (Å²) >= 11 is 0. The van der Waals surface area contributed by atoms with E-state index >= 15 is 0 Å². The molecule has 10 atom stereocenters. The zero-order valence-electron chi connectivity index (χ0n) is 34.2. The van der Waals surface area contributed by atoms with E-state index < -0.39 is 42.6 Å². The summed E-state index contributed by atoms with van der Waals surface area (Å²) in [5.41, 5.74) is -0.786. The summed E-state index contributed by atoms with van der Waals surface area (Å²) in [6.45, 7) is 14.3. The molecule has 0 aromatic rings. The summed E-state index contributed by atoms with van der Waals surface area (Å²) in [6.07, 6.45) is 10.7. The van der Waals surface area contributed by atoms with E-state index in [0.717, 1.165) is 77.5 Å². The van der Waals surface area contributed by atoms with Crippen LogP contribution >= 0.6 is 0 Å². The molecule has 1 heterocycles. The predicted octanol–water partition coefficient (Wildman–Crippen LogP) is 1.66. The van der Waals surface area contributed by atoms with Crippen molar-refractivity contribution in [1.82, 2.24) is 20.0 Å². The van der Waals surface area contributed by atoms with Gasteiger partial charge in [-0.1, -0.05) is 48.5 Å². The van der Waals surface area contributed by atoms with Crippen molar-refractivity contribution in [2.45, 2.75) is 150 Å². The summed E-state index contributed by atoms with van der Waals surface area (Å²) in [5.74, 6) is -1.05. The van der Waals surface area contributed by atoms with Gasteiger partial charge in [-0.3, -0.25) is 9.69 Å². The van der Waals surface area contributed by atoms with Crippen LogP contribution in [0.2, 0.25) is 0 Å². The summed E-state index contributed by atoms with van der Waals surface area (Å²) in [7, 11) is 0. The number of hydrogen-bond acceptors (Lipinski definition) is 11. The molecule has 2 N–H and O–H groups in total. The van der Waals surface area contributed by atoms with Gasteiger partial charge in [0, 0.05) is 63.2 Å². The smallest absolute Gasteiger partial charge is 0.550 e. The van der Waals surface area contributed by atoms with Crippen LogP contribution < -0.4 is 20.6 Å². The minimum Gasteiger partial charge on any atom is -0.550 e. The summed E-state index contributed by atoms with van der Waals surface area (Å²) < 4.78 is 0. The molecule has 1 aliphatic heterocycles. The number of hydrogen-bond donors (Lipinski definition) is 2. The average molecular weight is 931 g/mol. The Balaban J connectivity index is 0.00000420. The second-order valence-electron chi connectivity index (χ2n) is 18.7. The number of fused-ring (bicyclic) bond motifs is 5. The fourth-order valence-corrected chi connectivity index (χ4v) is 13.0. The molecule has 5 fully saturated rings. The van der Waals surface area contributed by atoms with Crippen LogP contribution in [-0.4, -0.2) is 114 Å². The van der Waals surface area contributed by atoms with Crippen molar-refractivity contribution in [3.05, 3.63) is 0 Å². The number of carboxylic acid groups (broad SMARTS) is 3. The Morgan fingerprint density at radius 2 is 1.46 bits per heavy atom. The molecule has 0 bridgehead atoms.